The van der Waals surface area contributed by atoms with Crippen LogP contribution >= 0.6 is 0 Å². The van der Waals surface area contributed by atoms with Crippen LogP contribution < -0.4 is 9.47 Å². The summed E-state index contributed by atoms with van der Waals surface area (Å²) in [6.07, 6.45) is -0.164. The van der Waals surface area contributed by atoms with Gasteiger partial charge in [0.2, 0.25) is 0 Å². The largest absolute Gasteiger partial charge is 0.496 e. The zero-order valence-electron chi connectivity index (χ0n) is 11.1. The van der Waals surface area contributed by atoms with Crippen LogP contribution in [0.25, 0.3) is 0 Å². The molecule has 0 aromatic heterocycles. The molecule has 0 bridgehead atoms. The highest BCUT2D eigenvalue weighted by Gasteiger charge is 2.43. The van der Waals surface area contributed by atoms with Gasteiger partial charge < -0.3 is 14.6 Å². The monoisotopic (exact) mass is 264 g/mol. The average molecular weight is 264 g/mol. The van der Waals surface area contributed by atoms with Gasteiger partial charge in [-0.3, -0.25) is 9.59 Å². The summed E-state index contributed by atoms with van der Waals surface area (Å²) in [6.45, 7) is 1.28. The molecule has 1 aliphatic rings. The Kier molecular flexibility index (Phi) is 3.32. The lowest BCUT2D eigenvalue weighted by molar-refractivity contribution is -0.135. The number of fused-ring (bicyclic) bond motifs is 1. The number of hydrogen-bond acceptors (Lipinski definition) is 5. The van der Waals surface area contributed by atoms with Crippen molar-refractivity contribution < 1.29 is 24.2 Å². The lowest BCUT2D eigenvalue weighted by atomic mass is 9.77. The smallest absolute Gasteiger partial charge is 0.170 e. The lowest BCUT2D eigenvalue weighted by Gasteiger charge is -2.31. The molecule has 1 aromatic carbocycles. The molecule has 0 saturated heterocycles. The van der Waals surface area contributed by atoms with Gasteiger partial charge in [-0.05, 0) is 19.1 Å². The van der Waals surface area contributed by atoms with Crippen LogP contribution in [0, 0.1) is 0 Å². The number of rotatable bonds is 3. The first-order chi connectivity index (χ1) is 8.92. The van der Waals surface area contributed by atoms with Crippen molar-refractivity contribution in [2.45, 2.75) is 25.4 Å². The number of hydrogen-bond donors (Lipinski definition) is 1. The van der Waals surface area contributed by atoms with Crippen molar-refractivity contribution in [1.29, 1.82) is 0 Å². The first-order valence-corrected chi connectivity index (χ1v) is 5.93. The van der Waals surface area contributed by atoms with Crippen LogP contribution in [0.4, 0.5) is 0 Å². The topological polar surface area (TPSA) is 72.8 Å². The molecule has 102 valence electrons. The van der Waals surface area contributed by atoms with E-state index in [9.17, 15) is 14.7 Å². The number of Topliss-reactive ketones (excluding diaryl/α,β-unsaturated/α-hetero) is 2. The molecule has 5 nitrogen and oxygen atoms in total. The SMILES string of the molecule is COc1ccc(OC)c2c1CC(O)(C(C)=O)CC2=O. The van der Waals surface area contributed by atoms with Crippen molar-refractivity contribution in [2.75, 3.05) is 14.2 Å². The van der Waals surface area contributed by atoms with E-state index >= 15 is 0 Å². The fraction of sp³-hybridized carbons (Fsp3) is 0.429. The molecule has 0 amide bonds. The van der Waals surface area contributed by atoms with E-state index in [1.54, 1.807) is 12.1 Å². The fourth-order valence-electron chi connectivity index (χ4n) is 2.41. The number of benzene rings is 1. The van der Waals surface area contributed by atoms with Gasteiger partial charge in [0.1, 0.15) is 17.1 Å². The zero-order chi connectivity index (χ0) is 14.2. The first kappa shape index (κ1) is 13.5. The van der Waals surface area contributed by atoms with Gasteiger partial charge in [-0.25, -0.2) is 0 Å². The summed E-state index contributed by atoms with van der Waals surface area (Å²) < 4.78 is 10.4. The molecule has 0 saturated carbocycles. The van der Waals surface area contributed by atoms with E-state index in [1.807, 2.05) is 0 Å². The predicted molar refractivity (Wildman–Crippen MR) is 67.8 cm³/mol. The lowest BCUT2D eigenvalue weighted by Crippen LogP contribution is -2.45. The summed E-state index contributed by atoms with van der Waals surface area (Å²) in [6, 6.07) is 3.31. The molecule has 5 heteroatoms. The molecule has 19 heavy (non-hydrogen) atoms. The van der Waals surface area contributed by atoms with E-state index in [0.717, 1.165) is 0 Å². The van der Waals surface area contributed by atoms with Gasteiger partial charge in [-0.15, -0.1) is 0 Å². The minimum atomic E-state index is -1.65. The molecule has 1 aliphatic carbocycles. The van der Waals surface area contributed by atoms with Crippen LogP contribution in [0.5, 0.6) is 11.5 Å². The molecule has 2 rings (SSSR count). The molecule has 0 spiro atoms. The third kappa shape index (κ3) is 2.10. The van der Waals surface area contributed by atoms with Crippen LogP contribution in [0.2, 0.25) is 0 Å². The zero-order valence-corrected chi connectivity index (χ0v) is 11.1. The number of carbonyl (C=O) groups is 2. The maximum Gasteiger partial charge on any atom is 0.170 e. The van der Waals surface area contributed by atoms with Gasteiger partial charge in [0.05, 0.1) is 19.8 Å². The maximum absolute atomic E-state index is 12.2. The van der Waals surface area contributed by atoms with E-state index in [1.165, 1.54) is 21.1 Å². The van der Waals surface area contributed by atoms with Gasteiger partial charge in [0, 0.05) is 18.4 Å². The molecular formula is C14H16O5. The standard InChI is InChI=1S/C14H16O5/c1-8(15)14(17)6-9-11(18-2)4-5-12(19-3)13(9)10(16)7-14/h4-5,17H,6-7H2,1-3H3. The van der Waals surface area contributed by atoms with Crippen molar-refractivity contribution >= 4 is 11.6 Å². The number of aliphatic hydroxyl groups is 1. The van der Waals surface area contributed by atoms with Crippen molar-refractivity contribution in [3.05, 3.63) is 23.3 Å². The maximum atomic E-state index is 12.2. The minimum absolute atomic E-state index is 0.0593. The second-order valence-electron chi connectivity index (χ2n) is 4.69. The third-order valence-corrected chi connectivity index (χ3v) is 3.53. The van der Waals surface area contributed by atoms with Crippen LogP contribution in [0.15, 0.2) is 12.1 Å². The normalized spacial score (nSPS) is 21.8. The van der Waals surface area contributed by atoms with E-state index in [4.69, 9.17) is 9.47 Å². The first-order valence-electron chi connectivity index (χ1n) is 5.93. The van der Waals surface area contributed by atoms with Crippen LogP contribution in [0.1, 0.15) is 29.3 Å². The Bertz CT molecular complexity index is 549. The van der Waals surface area contributed by atoms with Crippen molar-refractivity contribution in [3.8, 4) is 11.5 Å². The Morgan fingerprint density at radius 2 is 1.79 bits per heavy atom. The quantitative estimate of drug-likeness (QED) is 0.886. The number of ether oxygens (including phenoxy) is 2. The Labute approximate surface area is 111 Å². The van der Waals surface area contributed by atoms with Crippen LogP contribution in [-0.4, -0.2) is 36.5 Å². The Hall–Kier alpha value is -1.88. The minimum Gasteiger partial charge on any atom is -0.496 e. The third-order valence-electron chi connectivity index (χ3n) is 3.53. The molecule has 0 fully saturated rings. The van der Waals surface area contributed by atoms with E-state index in [-0.39, 0.29) is 18.6 Å². The summed E-state index contributed by atoms with van der Waals surface area (Å²) in [5, 5.41) is 10.3. The van der Waals surface area contributed by atoms with Gasteiger partial charge in [-0.2, -0.15) is 0 Å². The highest BCUT2D eigenvalue weighted by molar-refractivity contribution is 6.06. The highest BCUT2D eigenvalue weighted by Crippen LogP contribution is 2.39. The van der Waals surface area contributed by atoms with Gasteiger partial charge in [-0.1, -0.05) is 0 Å². The molecule has 1 N–H and O–H groups in total. The van der Waals surface area contributed by atoms with Gasteiger partial charge >= 0.3 is 0 Å². The van der Waals surface area contributed by atoms with Gasteiger partial charge in [0.25, 0.3) is 0 Å². The van der Waals surface area contributed by atoms with Gasteiger partial charge in [0.15, 0.2) is 11.6 Å². The molecule has 1 atom stereocenters. The Morgan fingerprint density at radius 1 is 1.21 bits per heavy atom. The summed E-state index contributed by atoms with van der Waals surface area (Å²) in [4.78, 5) is 23.8. The Morgan fingerprint density at radius 3 is 2.32 bits per heavy atom. The summed E-state index contributed by atoms with van der Waals surface area (Å²) in [7, 11) is 2.95. The number of methoxy groups -OCH3 is 2. The highest BCUT2D eigenvalue weighted by atomic mass is 16.5. The fourth-order valence-corrected chi connectivity index (χ4v) is 2.41. The van der Waals surface area contributed by atoms with Crippen molar-refractivity contribution in [3.63, 3.8) is 0 Å². The second kappa shape index (κ2) is 4.66. The van der Waals surface area contributed by atoms with Crippen molar-refractivity contribution in [2.24, 2.45) is 0 Å². The average Bonchev–Trinajstić information content (AvgIpc) is 2.37. The summed E-state index contributed by atoms with van der Waals surface area (Å²) >= 11 is 0. The molecule has 0 radical (unpaired) electrons. The van der Waals surface area contributed by atoms with E-state index in [0.29, 0.717) is 22.6 Å². The summed E-state index contributed by atoms with van der Waals surface area (Å²) in [5.74, 6) is 0.181. The molecule has 0 aliphatic heterocycles. The predicted octanol–water partition coefficient (Wildman–Crippen LogP) is 1.15. The van der Waals surface area contributed by atoms with E-state index < -0.39 is 11.4 Å². The molecule has 0 heterocycles. The van der Waals surface area contributed by atoms with Crippen LogP contribution in [0.3, 0.4) is 0 Å². The number of carbonyl (C=O) groups excluding carboxylic acids is 2. The Balaban J connectivity index is 2.63. The van der Waals surface area contributed by atoms with Crippen molar-refractivity contribution in [1.82, 2.24) is 0 Å². The molecule has 1 aromatic rings. The second-order valence-corrected chi connectivity index (χ2v) is 4.69. The number of ketones is 2. The summed E-state index contributed by atoms with van der Waals surface area (Å²) in [5.41, 5.74) is -0.729. The van der Waals surface area contributed by atoms with Crippen LogP contribution in [-0.2, 0) is 11.2 Å². The molecular weight excluding hydrogens is 248 g/mol. The molecule has 1 unspecified atom stereocenters. The van der Waals surface area contributed by atoms with E-state index in [2.05, 4.69) is 0 Å².